The maximum Gasteiger partial charge on any atom is 0.351 e. The number of aliphatic hydroxyl groups is 1. The van der Waals surface area contributed by atoms with Gasteiger partial charge in [-0.1, -0.05) is 41.5 Å². The van der Waals surface area contributed by atoms with Crippen molar-refractivity contribution in [3.8, 4) is 0 Å². The monoisotopic (exact) mass is 526 g/mol. The van der Waals surface area contributed by atoms with Crippen molar-refractivity contribution in [3.05, 3.63) is 22.7 Å². The molecule has 1 fully saturated rings. The van der Waals surface area contributed by atoms with Crippen LogP contribution in [0.4, 0.5) is 5.82 Å². The van der Waals surface area contributed by atoms with Crippen molar-refractivity contribution in [2.24, 2.45) is 4.99 Å². The van der Waals surface area contributed by atoms with Gasteiger partial charge >= 0.3 is 5.69 Å². The lowest BCUT2D eigenvalue weighted by Gasteiger charge is -2.44. The van der Waals surface area contributed by atoms with Crippen molar-refractivity contribution in [2.45, 2.75) is 102 Å². The van der Waals surface area contributed by atoms with Crippen LogP contribution in [0, 0.1) is 0 Å². The Balaban J connectivity index is 2.56. The summed E-state index contributed by atoms with van der Waals surface area (Å²) in [6.07, 6.45) is 0.737. The van der Waals surface area contributed by atoms with Crippen LogP contribution in [0.1, 0.15) is 47.8 Å². The minimum atomic E-state index is -2.29. The number of aromatic nitrogens is 2. The van der Waals surface area contributed by atoms with Crippen molar-refractivity contribution >= 4 is 28.8 Å². The van der Waals surface area contributed by atoms with Crippen molar-refractivity contribution in [2.75, 3.05) is 20.7 Å². The number of aliphatic imine (C=N–C) groups is 1. The van der Waals surface area contributed by atoms with Crippen LogP contribution in [0.2, 0.25) is 36.3 Å². The molecular weight excluding hydrogens is 480 g/mol. The van der Waals surface area contributed by atoms with Gasteiger partial charge in [-0.05, 0) is 42.3 Å². The van der Waals surface area contributed by atoms with Crippen LogP contribution in [0.25, 0.3) is 0 Å². The zero-order valence-electron chi connectivity index (χ0n) is 23.6. The third-order valence-electron chi connectivity index (χ3n) is 7.45. The first kappa shape index (κ1) is 29.9. The number of nitrogens with zero attached hydrogens (tertiary/aromatic N) is 4. The van der Waals surface area contributed by atoms with Gasteiger partial charge in [0.05, 0.1) is 12.9 Å². The fourth-order valence-electron chi connectivity index (χ4n) is 3.22. The van der Waals surface area contributed by atoms with Gasteiger partial charge in [-0.3, -0.25) is 4.57 Å². The van der Waals surface area contributed by atoms with Gasteiger partial charge in [0.1, 0.15) is 18.3 Å². The van der Waals surface area contributed by atoms with Crippen LogP contribution in [0.5, 0.6) is 0 Å². The summed E-state index contributed by atoms with van der Waals surface area (Å²) in [6, 6.07) is 1.67. The summed E-state index contributed by atoms with van der Waals surface area (Å²) in [5.74, 6) is 0.313. The standard InChI is InChI=1S/C24H46N4O5Si2/c1-23(2,3)34(9,10)32-19-17(15-29)31-21(20(19)33-35(11,12)24(4,5)6)28-14-13-18(26-22(28)30)25-16-27(7)8/h13-14,16-17,19-21,29H,15H2,1-12H3/b25-16+/t17?,19-,20+,21-/m1/s1. The Bertz CT molecular complexity index is 950. The molecule has 1 saturated heterocycles. The molecule has 0 saturated carbocycles. The molecule has 35 heavy (non-hydrogen) atoms. The van der Waals surface area contributed by atoms with Gasteiger partial charge in [-0.15, -0.1) is 0 Å². The van der Waals surface area contributed by atoms with E-state index >= 15 is 0 Å². The molecule has 0 amide bonds. The van der Waals surface area contributed by atoms with E-state index in [2.05, 4.69) is 77.7 Å². The maximum atomic E-state index is 13.1. The highest BCUT2D eigenvalue weighted by molar-refractivity contribution is 6.74. The van der Waals surface area contributed by atoms with Crippen molar-refractivity contribution < 1.29 is 18.7 Å². The van der Waals surface area contributed by atoms with Gasteiger partial charge in [-0.25, -0.2) is 9.79 Å². The molecule has 2 heterocycles. The topological polar surface area (TPSA) is 98.4 Å². The predicted molar refractivity (Wildman–Crippen MR) is 145 cm³/mol. The van der Waals surface area contributed by atoms with Gasteiger partial charge in [0, 0.05) is 20.3 Å². The quantitative estimate of drug-likeness (QED) is 0.309. The SMILES string of the molecule is CN(C)/C=N/c1ccn([C@@H]2OC(CO)[C@@H](O[Si](C)(C)C(C)(C)C)[C@@H]2O[Si](C)(C)C(C)(C)C)c(=O)n1. The molecule has 0 spiro atoms. The molecule has 1 N–H and O–H groups in total. The third kappa shape index (κ3) is 6.89. The van der Waals surface area contributed by atoms with E-state index in [9.17, 15) is 9.90 Å². The second kappa shape index (κ2) is 10.5. The fourth-order valence-corrected chi connectivity index (χ4v) is 5.83. The smallest absolute Gasteiger partial charge is 0.351 e. The average molecular weight is 527 g/mol. The lowest BCUT2D eigenvalue weighted by atomic mass is 10.1. The third-order valence-corrected chi connectivity index (χ3v) is 16.4. The zero-order chi connectivity index (χ0) is 27.0. The van der Waals surface area contributed by atoms with Gasteiger partial charge in [0.25, 0.3) is 0 Å². The second-order valence-electron chi connectivity index (χ2n) is 12.6. The highest BCUT2D eigenvalue weighted by atomic mass is 28.4. The van der Waals surface area contributed by atoms with Crippen LogP contribution >= 0.6 is 0 Å². The second-order valence-corrected chi connectivity index (χ2v) is 22.1. The molecule has 4 atom stereocenters. The molecule has 200 valence electrons. The van der Waals surface area contributed by atoms with Crippen LogP contribution in [0.15, 0.2) is 22.1 Å². The molecular formula is C24H46N4O5Si2. The summed E-state index contributed by atoms with van der Waals surface area (Å²) in [5, 5.41) is 10.1. The minimum absolute atomic E-state index is 0.0445. The molecule has 1 aromatic heterocycles. The number of ether oxygens (including phenoxy) is 1. The number of aliphatic hydroxyl groups excluding tert-OH is 1. The first-order valence-corrected chi connectivity index (χ1v) is 18.0. The Kier molecular flexibility index (Phi) is 8.99. The first-order chi connectivity index (χ1) is 15.8. The van der Waals surface area contributed by atoms with E-state index in [0.717, 1.165) is 0 Å². The molecule has 0 bridgehead atoms. The molecule has 2 rings (SSSR count). The molecule has 0 aliphatic carbocycles. The maximum absolute atomic E-state index is 13.1. The molecule has 0 aromatic carbocycles. The van der Waals surface area contributed by atoms with Crippen molar-refractivity contribution in [1.82, 2.24) is 14.5 Å². The van der Waals surface area contributed by atoms with Crippen molar-refractivity contribution in [3.63, 3.8) is 0 Å². The molecule has 0 radical (unpaired) electrons. The Morgan fingerprint density at radius 1 is 1.09 bits per heavy atom. The number of hydrogen-bond acceptors (Lipinski definition) is 7. The summed E-state index contributed by atoms with van der Waals surface area (Å²) < 4.78 is 21.4. The Morgan fingerprint density at radius 3 is 2.03 bits per heavy atom. The Morgan fingerprint density at radius 2 is 1.60 bits per heavy atom. The van der Waals surface area contributed by atoms with Gasteiger partial charge < -0.3 is 23.6 Å². The van der Waals surface area contributed by atoms with E-state index in [1.807, 2.05) is 14.1 Å². The van der Waals surface area contributed by atoms with E-state index in [0.29, 0.717) is 5.82 Å². The summed E-state index contributed by atoms with van der Waals surface area (Å²) in [6.45, 7) is 21.5. The van der Waals surface area contributed by atoms with Crippen LogP contribution in [0.3, 0.4) is 0 Å². The fraction of sp³-hybridized carbons (Fsp3) is 0.792. The minimum Gasteiger partial charge on any atom is -0.408 e. The summed E-state index contributed by atoms with van der Waals surface area (Å²) in [4.78, 5) is 23.2. The van der Waals surface area contributed by atoms with E-state index < -0.39 is 46.9 Å². The highest BCUT2D eigenvalue weighted by Crippen LogP contribution is 2.45. The highest BCUT2D eigenvalue weighted by Gasteiger charge is 2.54. The number of rotatable bonds is 8. The van der Waals surface area contributed by atoms with Gasteiger partial charge in [-0.2, -0.15) is 4.98 Å². The molecule has 1 aliphatic rings. The van der Waals surface area contributed by atoms with Gasteiger partial charge in [0.2, 0.25) is 0 Å². The molecule has 1 aromatic rings. The molecule has 9 nitrogen and oxygen atoms in total. The van der Waals surface area contributed by atoms with Gasteiger partial charge in [0.15, 0.2) is 28.7 Å². The molecule has 1 unspecified atom stereocenters. The zero-order valence-corrected chi connectivity index (χ0v) is 25.6. The molecule has 1 aliphatic heterocycles. The van der Waals surface area contributed by atoms with E-state index in [4.69, 9.17) is 13.6 Å². The van der Waals surface area contributed by atoms with Crippen LogP contribution in [-0.4, -0.2) is 81.5 Å². The van der Waals surface area contributed by atoms with E-state index in [1.54, 1.807) is 23.5 Å². The normalized spacial score (nSPS) is 24.4. The summed E-state index contributed by atoms with van der Waals surface area (Å²) in [7, 11) is -0.853. The van der Waals surface area contributed by atoms with Crippen LogP contribution in [-0.2, 0) is 13.6 Å². The average Bonchev–Trinajstić information content (AvgIpc) is 3.00. The van der Waals surface area contributed by atoms with Crippen molar-refractivity contribution in [1.29, 1.82) is 0 Å². The van der Waals surface area contributed by atoms with E-state index in [1.165, 1.54) is 4.57 Å². The summed E-state index contributed by atoms with van der Waals surface area (Å²) >= 11 is 0. The lowest BCUT2D eigenvalue weighted by molar-refractivity contribution is -0.0529. The molecule has 11 heteroatoms. The Labute approximate surface area is 212 Å². The first-order valence-electron chi connectivity index (χ1n) is 12.2. The summed E-state index contributed by atoms with van der Waals surface area (Å²) in [5.41, 5.74) is -0.489. The number of hydrogen-bond donors (Lipinski definition) is 1. The lowest BCUT2D eigenvalue weighted by Crippen LogP contribution is -2.54. The predicted octanol–water partition coefficient (Wildman–Crippen LogP) is 4.14. The largest absolute Gasteiger partial charge is 0.408 e. The van der Waals surface area contributed by atoms with Crippen LogP contribution < -0.4 is 5.69 Å². The van der Waals surface area contributed by atoms with E-state index in [-0.39, 0.29) is 16.7 Å². The Hall–Kier alpha value is -1.38.